The zero-order valence-corrected chi connectivity index (χ0v) is 13.9. The van der Waals surface area contributed by atoms with Crippen molar-refractivity contribution in [3.8, 4) is 0 Å². The van der Waals surface area contributed by atoms with Crippen LogP contribution < -0.4 is 0 Å². The molecule has 0 radical (unpaired) electrons. The Balaban J connectivity index is 1.53. The minimum Gasteiger partial charge on any atom is -0.335 e. The van der Waals surface area contributed by atoms with Crippen molar-refractivity contribution in [2.75, 3.05) is 6.54 Å². The van der Waals surface area contributed by atoms with Gasteiger partial charge in [-0.1, -0.05) is 30.3 Å². The maximum atomic E-state index is 12.9. The lowest BCUT2D eigenvalue weighted by atomic mass is 10.1. The molecule has 7 nitrogen and oxygen atoms in total. The highest BCUT2D eigenvalue weighted by atomic mass is 16.2. The van der Waals surface area contributed by atoms with Crippen LogP contribution in [-0.2, 0) is 30.8 Å². The maximum Gasteiger partial charge on any atom is 0.227 e. The molecule has 128 valence electrons. The average molecular weight is 336 g/mol. The second kappa shape index (κ2) is 6.88. The van der Waals surface area contributed by atoms with Gasteiger partial charge in [-0.25, -0.2) is 9.97 Å². The monoisotopic (exact) mass is 336 g/mol. The Morgan fingerprint density at radius 1 is 1.20 bits per heavy atom. The lowest BCUT2D eigenvalue weighted by Gasteiger charge is -2.24. The summed E-state index contributed by atoms with van der Waals surface area (Å²) in [6, 6.07) is 9.87. The molecule has 1 unspecified atom stereocenters. The third-order valence-electron chi connectivity index (χ3n) is 4.53. The highest BCUT2D eigenvalue weighted by Crippen LogP contribution is 2.18. The van der Waals surface area contributed by atoms with E-state index in [9.17, 15) is 4.79 Å². The molecule has 2 aromatic heterocycles. The van der Waals surface area contributed by atoms with E-state index in [1.54, 1.807) is 12.5 Å². The fraction of sp³-hybridized carbons (Fsp3) is 0.333. The Bertz CT molecular complexity index is 826. The number of carbonyl (C=O) groups is 1. The van der Waals surface area contributed by atoms with Crippen molar-refractivity contribution < 1.29 is 4.79 Å². The molecule has 0 saturated carbocycles. The summed E-state index contributed by atoms with van der Waals surface area (Å²) < 4.78 is 3.96. The summed E-state index contributed by atoms with van der Waals surface area (Å²) in [6.07, 6.45) is 7.45. The number of aromatic nitrogens is 5. The molecule has 1 amide bonds. The average Bonchev–Trinajstić information content (AvgIpc) is 3.24. The number of hydrogen-bond donors (Lipinski definition) is 0. The lowest BCUT2D eigenvalue weighted by Crippen LogP contribution is -2.36. The molecule has 1 aromatic carbocycles. The Morgan fingerprint density at radius 3 is 2.88 bits per heavy atom. The minimum atomic E-state index is 0.131. The van der Waals surface area contributed by atoms with E-state index in [0.717, 1.165) is 24.5 Å². The molecule has 0 saturated heterocycles. The molecule has 3 aromatic rings. The molecule has 0 spiro atoms. The zero-order valence-electron chi connectivity index (χ0n) is 13.9. The van der Waals surface area contributed by atoms with Gasteiger partial charge in [0.15, 0.2) is 0 Å². The van der Waals surface area contributed by atoms with E-state index >= 15 is 0 Å². The lowest BCUT2D eigenvalue weighted by molar-refractivity contribution is -0.131. The SMILES string of the molecule is O=C(Cc1ccccc1)N1Cc2nccn2CC(Cn2cncn2)C1. The first-order chi connectivity index (χ1) is 12.3. The van der Waals surface area contributed by atoms with Crippen molar-refractivity contribution in [3.05, 3.63) is 66.8 Å². The van der Waals surface area contributed by atoms with Gasteiger partial charge in [-0.05, 0) is 5.56 Å². The van der Waals surface area contributed by atoms with Gasteiger partial charge in [-0.2, -0.15) is 5.10 Å². The third-order valence-corrected chi connectivity index (χ3v) is 4.53. The fourth-order valence-corrected chi connectivity index (χ4v) is 3.32. The normalized spacial score (nSPS) is 17.1. The van der Waals surface area contributed by atoms with Crippen molar-refractivity contribution in [3.63, 3.8) is 0 Å². The van der Waals surface area contributed by atoms with E-state index in [1.165, 1.54) is 6.33 Å². The first kappa shape index (κ1) is 15.6. The molecule has 1 aliphatic heterocycles. The van der Waals surface area contributed by atoms with E-state index in [1.807, 2.05) is 46.1 Å². The maximum absolute atomic E-state index is 12.9. The van der Waals surface area contributed by atoms with Crippen LogP contribution >= 0.6 is 0 Å². The summed E-state index contributed by atoms with van der Waals surface area (Å²) in [7, 11) is 0. The van der Waals surface area contributed by atoms with Gasteiger partial charge >= 0.3 is 0 Å². The molecule has 7 heteroatoms. The van der Waals surface area contributed by atoms with Crippen LogP contribution in [0.5, 0.6) is 0 Å². The van der Waals surface area contributed by atoms with Crippen LogP contribution in [0.1, 0.15) is 11.4 Å². The van der Waals surface area contributed by atoms with Crippen LogP contribution in [0, 0.1) is 5.92 Å². The van der Waals surface area contributed by atoms with Crippen molar-refractivity contribution in [2.24, 2.45) is 5.92 Å². The van der Waals surface area contributed by atoms with Crippen LogP contribution in [0.25, 0.3) is 0 Å². The molecule has 0 aliphatic carbocycles. The standard InChI is InChI=1S/C18H20N6O/c25-18(8-15-4-2-1-3-5-15)23-10-16(11-24-14-19-13-21-24)9-22-7-6-20-17(22)12-23/h1-7,13-14,16H,8-12H2. The second-order valence-electron chi connectivity index (χ2n) is 6.42. The summed E-state index contributed by atoms with van der Waals surface area (Å²) in [4.78, 5) is 23.2. The van der Waals surface area contributed by atoms with Gasteiger partial charge in [-0.3, -0.25) is 9.48 Å². The van der Waals surface area contributed by atoms with Crippen LogP contribution in [-0.4, -0.2) is 41.7 Å². The van der Waals surface area contributed by atoms with Crippen LogP contribution in [0.2, 0.25) is 0 Å². The van der Waals surface area contributed by atoms with Crippen molar-refractivity contribution in [2.45, 2.75) is 26.1 Å². The topological polar surface area (TPSA) is 68.8 Å². The molecule has 0 fully saturated rings. The van der Waals surface area contributed by atoms with Gasteiger partial charge in [0.2, 0.25) is 5.91 Å². The molecule has 1 atom stereocenters. The Labute approximate surface area is 145 Å². The highest BCUT2D eigenvalue weighted by Gasteiger charge is 2.26. The zero-order chi connectivity index (χ0) is 17.1. The molecule has 1 aliphatic rings. The summed E-state index contributed by atoms with van der Waals surface area (Å²) in [6.45, 7) is 2.79. The van der Waals surface area contributed by atoms with E-state index < -0.39 is 0 Å². The van der Waals surface area contributed by atoms with Gasteiger partial charge in [0.25, 0.3) is 0 Å². The highest BCUT2D eigenvalue weighted by molar-refractivity contribution is 5.78. The minimum absolute atomic E-state index is 0.131. The van der Waals surface area contributed by atoms with Crippen LogP contribution in [0.4, 0.5) is 0 Å². The Morgan fingerprint density at radius 2 is 2.08 bits per heavy atom. The molecule has 25 heavy (non-hydrogen) atoms. The number of carbonyl (C=O) groups excluding carboxylic acids is 1. The quantitative estimate of drug-likeness (QED) is 0.722. The molecule has 0 N–H and O–H groups in total. The van der Waals surface area contributed by atoms with Crippen LogP contribution in [0.3, 0.4) is 0 Å². The largest absolute Gasteiger partial charge is 0.335 e. The Hall–Kier alpha value is -2.96. The molecule has 4 rings (SSSR count). The smallest absolute Gasteiger partial charge is 0.227 e. The van der Waals surface area contributed by atoms with Crippen molar-refractivity contribution in [1.82, 2.24) is 29.2 Å². The first-order valence-corrected chi connectivity index (χ1v) is 8.42. The summed E-state index contributed by atoms with van der Waals surface area (Å²) in [5, 5.41) is 4.20. The van der Waals surface area contributed by atoms with Gasteiger partial charge in [0, 0.05) is 37.9 Å². The second-order valence-corrected chi connectivity index (χ2v) is 6.42. The molecular formula is C18H20N6O. The van der Waals surface area contributed by atoms with Crippen molar-refractivity contribution in [1.29, 1.82) is 0 Å². The molecular weight excluding hydrogens is 316 g/mol. The summed E-state index contributed by atoms with van der Waals surface area (Å²) in [5.74, 6) is 1.32. The third kappa shape index (κ3) is 3.60. The fourth-order valence-electron chi connectivity index (χ4n) is 3.32. The predicted octanol–water partition coefficient (Wildman–Crippen LogP) is 1.38. The number of nitrogens with zero attached hydrogens (tertiary/aromatic N) is 6. The van der Waals surface area contributed by atoms with Gasteiger partial charge in [0.1, 0.15) is 18.5 Å². The Kier molecular flexibility index (Phi) is 4.28. The van der Waals surface area contributed by atoms with E-state index in [0.29, 0.717) is 19.5 Å². The number of hydrogen-bond acceptors (Lipinski definition) is 4. The number of rotatable bonds is 4. The van der Waals surface area contributed by atoms with Gasteiger partial charge in [-0.15, -0.1) is 0 Å². The summed E-state index contributed by atoms with van der Waals surface area (Å²) >= 11 is 0. The first-order valence-electron chi connectivity index (χ1n) is 8.42. The molecule has 0 bridgehead atoms. The van der Waals surface area contributed by atoms with E-state index in [-0.39, 0.29) is 11.8 Å². The van der Waals surface area contributed by atoms with Gasteiger partial charge < -0.3 is 9.47 Å². The number of benzene rings is 1. The predicted molar refractivity (Wildman–Crippen MR) is 91.3 cm³/mol. The van der Waals surface area contributed by atoms with E-state index in [2.05, 4.69) is 19.6 Å². The van der Waals surface area contributed by atoms with Crippen LogP contribution in [0.15, 0.2) is 55.4 Å². The molecule has 3 heterocycles. The number of imidazole rings is 1. The number of amides is 1. The number of fused-ring (bicyclic) bond motifs is 1. The van der Waals surface area contributed by atoms with Gasteiger partial charge in [0.05, 0.1) is 13.0 Å². The summed E-state index contributed by atoms with van der Waals surface area (Å²) in [5.41, 5.74) is 1.04. The van der Waals surface area contributed by atoms with E-state index in [4.69, 9.17) is 0 Å². The van der Waals surface area contributed by atoms with Crippen molar-refractivity contribution >= 4 is 5.91 Å².